The zero-order chi connectivity index (χ0) is 13.8. The fraction of sp³-hybridized carbons (Fsp3) is 0.143. The summed E-state index contributed by atoms with van der Waals surface area (Å²) in [6.45, 7) is 0.411. The number of hydrogen-bond donors (Lipinski definition) is 1. The van der Waals surface area contributed by atoms with Gasteiger partial charge in [-0.2, -0.15) is 0 Å². The molecule has 98 valence electrons. The van der Waals surface area contributed by atoms with Crippen LogP contribution < -0.4 is 5.32 Å². The van der Waals surface area contributed by atoms with Gasteiger partial charge >= 0.3 is 0 Å². The van der Waals surface area contributed by atoms with Crippen LogP contribution >= 0.6 is 0 Å². The Morgan fingerprint density at radius 3 is 2.63 bits per heavy atom. The van der Waals surface area contributed by atoms with E-state index in [1.165, 1.54) is 18.2 Å². The number of hydrogen-bond acceptors (Lipinski definition) is 3. The smallest absolute Gasteiger partial charge is 0.270 e. The van der Waals surface area contributed by atoms with Crippen LogP contribution in [0.25, 0.3) is 11.1 Å². The van der Waals surface area contributed by atoms with Gasteiger partial charge in [0.25, 0.3) is 5.69 Å². The normalized spacial score (nSPS) is 10.4. The first-order valence-corrected chi connectivity index (χ1v) is 5.79. The van der Waals surface area contributed by atoms with E-state index in [0.29, 0.717) is 17.7 Å². The maximum atomic E-state index is 13.5. The molecule has 0 aliphatic carbocycles. The predicted octanol–water partition coefficient (Wildman–Crippen LogP) is 3.12. The zero-order valence-corrected chi connectivity index (χ0v) is 10.4. The highest BCUT2D eigenvalue weighted by atomic mass is 19.1. The summed E-state index contributed by atoms with van der Waals surface area (Å²) < 4.78 is 13.5. The van der Waals surface area contributed by atoms with Gasteiger partial charge in [-0.25, -0.2) is 4.39 Å². The molecule has 0 saturated carbocycles. The van der Waals surface area contributed by atoms with Crippen molar-refractivity contribution in [2.24, 2.45) is 0 Å². The Labute approximate surface area is 110 Å². The highest BCUT2D eigenvalue weighted by Gasteiger charge is 2.09. The van der Waals surface area contributed by atoms with E-state index in [1.807, 2.05) is 0 Å². The molecular weight excluding hydrogens is 247 g/mol. The monoisotopic (exact) mass is 260 g/mol. The summed E-state index contributed by atoms with van der Waals surface area (Å²) in [5.41, 5.74) is 2.02. The van der Waals surface area contributed by atoms with Gasteiger partial charge < -0.3 is 5.32 Å². The van der Waals surface area contributed by atoms with E-state index in [2.05, 4.69) is 5.32 Å². The average Bonchev–Trinajstić information content (AvgIpc) is 2.41. The fourth-order valence-electron chi connectivity index (χ4n) is 1.88. The van der Waals surface area contributed by atoms with E-state index in [9.17, 15) is 14.5 Å². The van der Waals surface area contributed by atoms with Crippen molar-refractivity contribution in [3.63, 3.8) is 0 Å². The Balaban J connectivity index is 2.44. The number of rotatable bonds is 4. The summed E-state index contributed by atoms with van der Waals surface area (Å²) in [7, 11) is 1.74. The number of benzene rings is 2. The van der Waals surface area contributed by atoms with Crippen LogP contribution in [0, 0.1) is 15.9 Å². The number of nitro benzene ring substituents is 1. The molecule has 0 fully saturated rings. The molecule has 2 aromatic carbocycles. The van der Waals surface area contributed by atoms with Gasteiger partial charge in [0.2, 0.25) is 0 Å². The first-order chi connectivity index (χ1) is 9.11. The molecule has 2 rings (SSSR count). The summed E-state index contributed by atoms with van der Waals surface area (Å²) in [5.74, 6) is -0.288. The minimum absolute atomic E-state index is 0.0250. The van der Waals surface area contributed by atoms with Gasteiger partial charge in [-0.3, -0.25) is 10.1 Å². The van der Waals surface area contributed by atoms with Gasteiger partial charge in [-0.05, 0) is 30.3 Å². The second-order valence-electron chi connectivity index (χ2n) is 4.14. The third kappa shape index (κ3) is 2.95. The van der Waals surface area contributed by atoms with E-state index in [0.717, 1.165) is 5.56 Å². The maximum absolute atomic E-state index is 13.5. The first-order valence-electron chi connectivity index (χ1n) is 5.79. The molecule has 0 amide bonds. The predicted molar refractivity (Wildman–Crippen MR) is 71.3 cm³/mol. The number of halogens is 1. The molecule has 0 atom stereocenters. The average molecular weight is 260 g/mol. The molecule has 0 bridgehead atoms. The van der Waals surface area contributed by atoms with Gasteiger partial charge in [0.1, 0.15) is 5.82 Å². The Morgan fingerprint density at radius 1 is 1.21 bits per heavy atom. The van der Waals surface area contributed by atoms with Crippen molar-refractivity contribution in [3.05, 3.63) is 64.0 Å². The second-order valence-corrected chi connectivity index (χ2v) is 4.14. The van der Waals surface area contributed by atoms with Crippen molar-refractivity contribution >= 4 is 5.69 Å². The van der Waals surface area contributed by atoms with Crippen LogP contribution in [0.5, 0.6) is 0 Å². The fourth-order valence-corrected chi connectivity index (χ4v) is 1.88. The molecule has 0 aliphatic rings. The third-order valence-electron chi connectivity index (χ3n) is 2.80. The number of nitro groups is 1. The maximum Gasteiger partial charge on any atom is 0.270 e. The minimum atomic E-state index is -0.443. The Hall–Kier alpha value is -2.27. The van der Waals surface area contributed by atoms with E-state index in [1.54, 1.807) is 31.3 Å². The molecule has 0 saturated heterocycles. The Morgan fingerprint density at radius 2 is 1.95 bits per heavy atom. The van der Waals surface area contributed by atoms with Crippen LogP contribution in [0.3, 0.4) is 0 Å². The van der Waals surface area contributed by atoms with Crippen molar-refractivity contribution < 1.29 is 9.31 Å². The summed E-state index contributed by atoms with van der Waals surface area (Å²) in [4.78, 5) is 10.3. The van der Waals surface area contributed by atoms with Crippen LogP contribution in [0.15, 0.2) is 42.5 Å². The van der Waals surface area contributed by atoms with Crippen molar-refractivity contribution in [2.45, 2.75) is 6.54 Å². The standard InChI is InChI=1S/C14H13FN2O2/c1-16-9-12-7-11(5-6-14(12)15)10-3-2-4-13(8-10)17(18)19/h2-8,16H,9H2,1H3. The lowest BCUT2D eigenvalue weighted by Gasteiger charge is -2.06. The number of nitrogens with zero attached hydrogens (tertiary/aromatic N) is 1. The van der Waals surface area contributed by atoms with Crippen molar-refractivity contribution in [2.75, 3.05) is 7.05 Å². The van der Waals surface area contributed by atoms with E-state index in [-0.39, 0.29) is 11.5 Å². The van der Waals surface area contributed by atoms with Crippen molar-refractivity contribution in [1.82, 2.24) is 5.32 Å². The quantitative estimate of drug-likeness (QED) is 0.678. The molecule has 0 aromatic heterocycles. The van der Waals surface area contributed by atoms with Gasteiger partial charge in [-0.15, -0.1) is 0 Å². The molecule has 2 aromatic rings. The summed E-state index contributed by atoms with van der Waals surface area (Å²) in [6, 6.07) is 11.0. The largest absolute Gasteiger partial charge is 0.316 e. The Kier molecular flexibility index (Phi) is 3.87. The van der Waals surface area contributed by atoms with E-state index in [4.69, 9.17) is 0 Å². The van der Waals surface area contributed by atoms with Gasteiger partial charge in [0, 0.05) is 24.2 Å². The van der Waals surface area contributed by atoms with Crippen LogP contribution in [0.1, 0.15) is 5.56 Å². The third-order valence-corrected chi connectivity index (χ3v) is 2.80. The lowest BCUT2D eigenvalue weighted by Crippen LogP contribution is -2.07. The highest BCUT2D eigenvalue weighted by Crippen LogP contribution is 2.25. The molecule has 5 heteroatoms. The van der Waals surface area contributed by atoms with Gasteiger partial charge in [0.05, 0.1) is 4.92 Å². The molecule has 0 spiro atoms. The Bertz CT molecular complexity index is 614. The van der Waals surface area contributed by atoms with Crippen molar-refractivity contribution in [1.29, 1.82) is 0 Å². The van der Waals surface area contributed by atoms with E-state index < -0.39 is 4.92 Å². The lowest BCUT2D eigenvalue weighted by molar-refractivity contribution is -0.384. The lowest BCUT2D eigenvalue weighted by atomic mass is 10.0. The molecule has 4 nitrogen and oxygen atoms in total. The van der Waals surface area contributed by atoms with Crippen LogP contribution in [-0.4, -0.2) is 12.0 Å². The number of non-ortho nitro benzene ring substituents is 1. The first kappa shape index (κ1) is 13.2. The molecule has 0 aliphatic heterocycles. The summed E-state index contributed by atoms with van der Waals surface area (Å²) in [5, 5.41) is 13.6. The van der Waals surface area contributed by atoms with Crippen LogP contribution in [-0.2, 0) is 6.54 Å². The summed E-state index contributed by atoms with van der Waals surface area (Å²) in [6.07, 6.45) is 0. The summed E-state index contributed by atoms with van der Waals surface area (Å²) >= 11 is 0. The number of nitrogens with one attached hydrogen (secondary N) is 1. The van der Waals surface area contributed by atoms with Gasteiger partial charge in [0.15, 0.2) is 0 Å². The SMILES string of the molecule is CNCc1cc(-c2cccc([N+](=O)[O-])c2)ccc1F. The molecule has 1 N–H and O–H groups in total. The highest BCUT2D eigenvalue weighted by molar-refractivity contribution is 5.66. The molecule has 0 radical (unpaired) electrons. The molecule has 19 heavy (non-hydrogen) atoms. The van der Waals surface area contributed by atoms with E-state index >= 15 is 0 Å². The molecular formula is C14H13FN2O2. The molecule has 0 heterocycles. The van der Waals surface area contributed by atoms with Crippen LogP contribution in [0.4, 0.5) is 10.1 Å². The minimum Gasteiger partial charge on any atom is -0.316 e. The van der Waals surface area contributed by atoms with Gasteiger partial charge in [-0.1, -0.05) is 18.2 Å². The zero-order valence-electron chi connectivity index (χ0n) is 10.4. The van der Waals surface area contributed by atoms with Crippen molar-refractivity contribution in [3.8, 4) is 11.1 Å². The topological polar surface area (TPSA) is 55.2 Å². The molecule has 0 unspecified atom stereocenters. The second kappa shape index (κ2) is 5.58. The van der Waals surface area contributed by atoms with Crippen LogP contribution in [0.2, 0.25) is 0 Å².